The molecular formula is C15H19BrN2O2. The van der Waals surface area contributed by atoms with Gasteiger partial charge in [0.1, 0.15) is 11.8 Å². The van der Waals surface area contributed by atoms with Gasteiger partial charge in [-0.2, -0.15) is 5.10 Å². The van der Waals surface area contributed by atoms with Crippen LogP contribution >= 0.6 is 15.9 Å². The Labute approximate surface area is 127 Å². The Balaban J connectivity index is 2.31. The summed E-state index contributed by atoms with van der Waals surface area (Å²) in [7, 11) is 1.59. The highest BCUT2D eigenvalue weighted by Crippen LogP contribution is 2.31. The van der Waals surface area contributed by atoms with Gasteiger partial charge in [0.25, 0.3) is 0 Å². The Morgan fingerprint density at radius 3 is 2.65 bits per heavy atom. The van der Waals surface area contributed by atoms with Gasteiger partial charge in [0.15, 0.2) is 5.75 Å². The summed E-state index contributed by atoms with van der Waals surface area (Å²) in [6, 6.07) is 8.06. The van der Waals surface area contributed by atoms with E-state index in [1.807, 2.05) is 38.1 Å². The summed E-state index contributed by atoms with van der Waals surface area (Å²) in [6.07, 6.45) is 1.50. The highest BCUT2D eigenvalue weighted by Gasteiger charge is 2.22. The maximum Gasteiger partial charge on any atom is 0.162 e. The van der Waals surface area contributed by atoms with E-state index in [-0.39, 0.29) is 6.04 Å². The van der Waals surface area contributed by atoms with Crippen molar-refractivity contribution in [3.63, 3.8) is 0 Å². The highest BCUT2D eigenvalue weighted by molar-refractivity contribution is 9.10. The van der Waals surface area contributed by atoms with Gasteiger partial charge < -0.3 is 9.84 Å². The summed E-state index contributed by atoms with van der Waals surface area (Å²) in [5, 5.41) is 14.9. The average Bonchev–Trinajstić information content (AvgIpc) is 2.85. The van der Waals surface area contributed by atoms with Crippen molar-refractivity contribution in [2.75, 3.05) is 7.11 Å². The molecule has 0 saturated heterocycles. The third-order valence-corrected chi connectivity index (χ3v) is 3.97. The molecule has 0 aliphatic heterocycles. The molecule has 0 bridgehead atoms. The van der Waals surface area contributed by atoms with E-state index in [4.69, 9.17) is 4.74 Å². The molecule has 5 heteroatoms. The number of ether oxygens (including phenoxy) is 1. The second-order valence-corrected chi connectivity index (χ2v) is 5.80. The Morgan fingerprint density at radius 1 is 1.35 bits per heavy atom. The number of hydrogen-bond donors (Lipinski definition) is 1. The number of nitrogens with zero attached hydrogens (tertiary/aromatic N) is 2. The molecule has 4 nitrogen and oxygen atoms in total. The summed E-state index contributed by atoms with van der Waals surface area (Å²) in [6.45, 7) is 4.06. The largest absolute Gasteiger partial charge is 0.493 e. The first-order valence-corrected chi connectivity index (χ1v) is 7.36. The molecule has 0 aliphatic rings. The van der Waals surface area contributed by atoms with Crippen LogP contribution in [0, 0.1) is 0 Å². The maximum atomic E-state index is 10.6. The number of benzene rings is 1. The van der Waals surface area contributed by atoms with Gasteiger partial charge in [-0.1, -0.05) is 34.1 Å². The lowest BCUT2D eigenvalue weighted by Crippen LogP contribution is -2.14. The van der Waals surface area contributed by atoms with Crippen LogP contribution in [0.25, 0.3) is 0 Å². The first kappa shape index (κ1) is 15.1. The number of aliphatic hydroxyl groups is 1. The van der Waals surface area contributed by atoms with Crippen molar-refractivity contribution in [3.05, 3.63) is 46.2 Å². The molecule has 0 fully saturated rings. The fourth-order valence-corrected chi connectivity index (χ4v) is 2.66. The quantitative estimate of drug-likeness (QED) is 0.907. The molecule has 0 saturated carbocycles. The van der Waals surface area contributed by atoms with Crippen molar-refractivity contribution in [2.24, 2.45) is 0 Å². The van der Waals surface area contributed by atoms with Crippen molar-refractivity contribution in [3.8, 4) is 5.75 Å². The fraction of sp³-hybridized carbons (Fsp3) is 0.400. The van der Waals surface area contributed by atoms with Crippen LogP contribution in [0.15, 0.2) is 34.9 Å². The first-order chi connectivity index (χ1) is 9.54. The van der Waals surface area contributed by atoms with E-state index >= 15 is 0 Å². The topological polar surface area (TPSA) is 47.3 Å². The molecule has 1 atom stereocenters. The van der Waals surface area contributed by atoms with Crippen molar-refractivity contribution < 1.29 is 9.84 Å². The summed E-state index contributed by atoms with van der Waals surface area (Å²) in [5.74, 6) is 0.623. The molecule has 2 rings (SSSR count). The molecule has 108 valence electrons. The minimum absolute atomic E-state index is 0.169. The van der Waals surface area contributed by atoms with Crippen LogP contribution in [0.4, 0.5) is 0 Å². The number of rotatable bonds is 5. The minimum Gasteiger partial charge on any atom is -0.493 e. The molecule has 20 heavy (non-hydrogen) atoms. The first-order valence-electron chi connectivity index (χ1n) is 6.57. The van der Waals surface area contributed by atoms with Crippen LogP contribution in [-0.4, -0.2) is 22.0 Å². The SMILES string of the molecule is COc1cnn(C(C)C)c1C(O)Cc1ccccc1Br. The van der Waals surface area contributed by atoms with Crippen LogP contribution in [0.2, 0.25) is 0 Å². The maximum absolute atomic E-state index is 10.6. The van der Waals surface area contributed by atoms with Crippen LogP contribution < -0.4 is 4.74 Å². The van der Waals surface area contributed by atoms with Crippen LogP contribution in [-0.2, 0) is 6.42 Å². The van der Waals surface area contributed by atoms with E-state index in [0.29, 0.717) is 12.2 Å². The van der Waals surface area contributed by atoms with Gasteiger partial charge in [-0.05, 0) is 25.5 Å². The molecule has 0 spiro atoms. The third kappa shape index (κ3) is 3.04. The predicted octanol–water partition coefficient (Wildman–Crippen LogP) is 3.51. The lowest BCUT2D eigenvalue weighted by Gasteiger charge is -2.17. The number of aromatic nitrogens is 2. The molecule has 0 aliphatic carbocycles. The van der Waals surface area contributed by atoms with Crippen molar-refractivity contribution in [1.29, 1.82) is 0 Å². The van der Waals surface area contributed by atoms with Crippen molar-refractivity contribution in [1.82, 2.24) is 9.78 Å². The van der Waals surface area contributed by atoms with Gasteiger partial charge in [0.2, 0.25) is 0 Å². The molecular weight excluding hydrogens is 320 g/mol. The van der Waals surface area contributed by atoms with Gasteiger partial charge in [-0.15, -0.1) is 0 Å². The lowest BCUT2D eigenvalue weighted by atomic mass is 10.0. The lowest BCUT2D eigenvalue weighted by molar-refractivity contribution is 0.160. The molecule has 1 unspecified atom stereocenters. The molecule has 2 aromatic rings. The van der Waals surface area contributed by atoms with Gasteiger partial charge in [0, 0.05) is 16.9 Å². The van der Waals surface area contributed by atoms with Crippen molar-refractivity contribution in [2.45, 2.75) is 32.4 Å². The van der Waals surface area contributed by atoms with E-state index in [1.54, 1.807) is 18.0 Å². The zero-order valence-corrected chi connectivity index (χ0v) is 13.5. The van der Waals surface area contributed by atoms with Crippen LogP contribution in [0.5, 0.6) is 5.75 Å². The summed E-state index contributed by atoms with van der Waals surface area (Å²) in [4.78, 5) is 0. The van der Waals surface area contributed by atoms with Gasteiger partial charge >= 0.3 is 0 Å². The molecule has 1 N–H and O–H groups in total. The Bertz CT molecular complexity index is 581. The summed E-state index contributed by atoms with van der Waals surface area (Å²) < 4.78 is 8.11. The van der Waals surface area contributed by atoms with Gasteiger partial charge in [-0.3, -0.25) is 4.68 Å². The summed E-state index contributed by atoms with van der Waals surface area (Å²) in [5.41, 5.74) is 1.77. The average molecular weight is 339 g/mol. The number of halogens is 1. The molecule has 0 amide bonds. The Kier molecular flexibility index (Phi) is 4.83. The zero-order valence-electron chi connectivity index (χ0n) is 11.9. The van der Waals surface area contributed by atoms with E-state index in [1.165, 1.54) is 0 Å². The molecule has 1 aromatic carbocycles. The zero-order chi connectivity index (χ0) is 14.7. The van der Waals surface area contributed by atoms with E-state index in [9.17, 15) is 5.11 Å². The van der Waals surface area contributed by atoms with Crippen molar-refractivity contribution >= 4 is 15.9 Å². The highest BCUT2D eigenvalue weighted by atomic mass is 79.9. The monoisotopic (exact) mass is 338 g/mol. The molecule has 1 heterocycles. The van der Waals surface area contributed by atoms with E-state index in [2.05, 4.69) is 21.0 Å². The predicted molar refractivity (Wildman–Crippen MR) is 82.0 cm³/mol. The Morgan fingerprint density at radius 2 is 2.05 bits per heavy atom. The molecule has 0 radical (unpaired) electrons. The second-order valence-electron chi connectivity index (χ2n) is 4.95. The summed E-state index contributed by atoms with van der Waals surface area (Å²) >= 11 is 3.51. The third-order valence-electron chi connectivity index (χ3n) is 3.19. The fourth-order valence-electron chi connectivity index (χ4n) is 2.21. The number of hydrogen-bond acceptors (Lipinski definition) is 3. The van der Waals surface area contributed by atoms with E-state index < -0.39 is 6.10 Å². The van der Waals surface area contributed by atoms with Gasteiger partial charge in [-0.25, -0.2) is 0 Å². The van der Waals surface area contributed by atoms with Crippen LogP contribution in [0.3, 0.4) is 0 Å². The normalized spacial score (nSPS) is 12.7. The Hall–Kier alpha value is -1.33. The van der Waals surface area contributed by atoms with Gasteiger partial charge in [0.05, 0.1) is 13.3 Å². The smallest absolute Gasteiger partial charge is 0.162 e. The van der Waals surface area contributed by atoms with Crippen LogP contribution in [0.1, 0.15) is 37.3 Å². The minimum atomic E-state index is -0.659. The second kappa shape index (κ2) is 6.41. The number of aliphatic hydroxyl groups excluding tert-OH is 1. The number of methoxy groups -OCH3 is 1. The standard InChI is InChI=1S/C15H19BrN2O2/c1-10(2)18-15(14(20-3)9-17-18)13(19)8-11-6-4-5-7-12(11)16/h4-7,9-10,13,19H,8H2,1-3H3. The molecule has 1 aromatic heterocycles. The van der Waals surface area contributed by atoms with E-state index in [0.717, 1.165) is 15.7 Å².